The van der Waals surface area contributed by atoms with Crippen molar-refractivity contribution in [2.45, 2.75) is 37.7 Å². The third kappa shape index (κ3) is 4.51. The van der Waals surface area contributed by atoms with Crippen LogP contribution in [0.1, 0.15) is 19.3 Å². The lowest BCUT2D eigenvalue weighted by molar-refractivity contribution is -0.274. The van der Waals surface area contributed by atoms with Gasteiger partial charge in [0.25, 0.3) is 0 Å². The van der Waals surface area contributed by atoms with Gasteiger partial charge in [-0.1, -0.05) is 12.5 Å². The minimum absolute atomic E-state index is 0.189. The summed E-state index contributed by atoms with van der Waals surface area (Å²) in [6, 6.07) is 6.63. The number of nitrogens with zero attached hydrogens (tertiary/aromatic N) is 1. The van der Waals surface area contributed by atoms with Crippen molar-refractivity contribution in [1.82, 2.24) is 10.2 Å². The molecular formula is C16H22F3N3O. The Morgan fingerprint density at radius 3 is 2.65 bits per heavy atom. The number of benzene rings is 1. The number of hydrogen-bond donors (Lipinski definition) is 2. The van der Waals surface area contributed by atoms with E-state index in [1.54, 1.807) is 12.1 Å². The summed E-state index contributed by atoms with van der Waals surface area (Å²) in [5.74, 6) is -0.192. The average Bonchev–Trinajstić information content (AvgIpc) is 2.95. The molecule has 2 fully saturated rings. The van der Waals surface area contributed by atoms with E-state index in [1.165, 1.54) is 31.4 Å². The maximum atomic E-state index is 12.3. The van der Waals surface area contributed by atoms with Crippen molar-refractivity contribution >= 4 is 5.69 Å². The first-order valence-electron chi connectivity index (χ1n) is 8.08. The van der Waals surface area contributed by atoms with Crippen molar-refractivity contribution in [2.24, 2.45) is 0 Å². The van der Waals surface area contributed by atoms with Crippen molar-refractivity contribution in [3.63, 3.8) is 0 Å². The lowest BCUT2D eigenvalue weighted by Gasteiger charge is -2.35. The van der Waals surface area contributed by atoms with Crippen molar-refractivity contribution < 1.29 is 17.9 Å². The molecule has 0 spiro atoms. The first-order chi connectivity index (χ1) is 11.0. The first kappa shape index (κ1) is 16.4. The molecular weight excluding hydrogens is 307 g/mol. The molecule has 0 aromatic heterocycles. The number of ether oxygens (including phenoxy) is 1. The van der Waals surface area contributed by atoms with Crippen LogP contribution in [-0.2, 0) is 0 Å². The molecule has 1 aromatic rings. The average molecular weight is 329 g/mol. The van der Waals surface area contributed by atoms with Crippen LogP contribution in [-0.4, -0.2) is 49.5 Å². The fourth-order valence-corrected chi connectivity index (χ4v) is 3.44. The molecule has 2 aliphatic heterocycles. The predicted octanol–water partition coefficient (Wildman–Crippen LogP) is 2.82. The maximum Gasteiger partial charge on any atom is 0.573 e. The summed E-state index contributed by atoms with van der Waals surface area (Å²) >= 11 is 0. The fourth-order valence-electron chi connectivity index (χ4n) is 3.44. The molecule has 23 heavy (non-hydrogen) atoms. The maximum absolute atomic E-state index is 12.3. The number of nitrogens with one attached hydrogen (secondary N) is 2. The zero-order valence-corrected chi connectivity index (χ0v) is 12.9. The van der Waals surface area contributed by atoms with Crippen LogP contribution in [0, 0.1) is 0 Å². The van der Waals surface area contributed by atoms with Crippen LogP contribution in [0.25, 0.3) is 0 Å². The van der Waals surface area contributed by atoms with Gasteiger partial charge in [0.15, 0.2) is 0 Å². The van der Waals surface area contributed by atoms with Crippen molar-refractivity contribution in [2.75, 3.05) is 31.5 Å². The number of likely N-dealkylation sites (tertiary alicyclic amines) is 1. The predicted molar refractivity (Wildman–Crippen MR) is 82.6 cm³/mol. The highest BCUT2D eigenvalue weighted by Gasteiger charge is 2.33. The van der Waals surface area contributed by atoms with E-state index in [-0.39, 0.29) is 11.8 Å². The van der Waals surface area contributed by atoms with Gasteiger partial charge in [-0.3, -0.25) is 4.90 Å². The monoisotopic (exact) mass is 329 g/mol. The number of alkyl halides is 3. The van der Waals surface area contributed by atoms with Crippen LogP contribution in [0.5, 0.6) is 5.75 Å². The number of piperidine rings is 1. The molecule has 0 amide bonds. The zero-order valence-electron chi connectivity index (χ0n) is 12.9. The standard InChI is InChI=1S/C16H22F3N3O/c17-16(18,19)23-13-6-4-5-12(9-13)21-14-10-20-11-15(14)22-7-2-1-3-8-22/h4-6,9,14-15,20-21H,1-3,7-8,10-11H2/t14-,15-/m0/s1. The lowest BCUT2D eigenvalue weighted by Crippen LogP contribution is -2.48. The molecule has 1 aromatic carbocycles. The summed E-state index contributed by atoms with van der Waals surface area (Å²) in [5, 5.41) is 6.74. The van der Waals surface area contributed by atoms with Gasteiger partial charge >= 0.3 is 6.36 Å². The Morgan fingerprint density at radius 2 is 1.91 bits per heavy atom. The van der Waals surface area contributed by atoms with E-state index >= 15 is 0 Å². The van der Waals surface area contributed by atoms with Crippen LogP contribution < -0.4 is 15.4 Å². The van der Waals surface area contributed by atoms with E-state index in [4.69, 9.17) is 0 Å². The normalized spacial score (nSPS) is 26.2. The van der Waals surface area contributed by atoms with Crippen LogP contribution in [0.4, 0.5) is 18.9 Å². The van der Waals surface area contributed by atoms with Crippen LogP contribution >= 0.6 is 0 Å². The zero-order chi connectivity index (χ0) is 16.3. The first-order valence-corrected chi connectivity index (χ1v) is 8.08. The second kappa shape index (κ2) is 6.97. The summed E-state index contributed by atoms with van der Waals surface area (Å²) in [5.41, 5.74) is 0.655. The van der Waals surface area contributed by atoms with Gasteiger partial charge in [0.2, 0.25) is 0 Å². The lowest BCUT2D eigenvalue weighted by atomic mass is 10.0. The Morgan fingerprint density at radius 1 is 1.13 bits per heavy atom. The van der Waals surface area contributed by atoms with Gasteiger partial charge in [-0.15, -0.1) is 13.2 Å². The van der Waals surface area contributed by atoms with Gasteiger partial charge in [0.05, 0.1) is 6.04 Å². The van der Waals surface area contributed by atoms with E-state index in [9.17, 15) is 13.2 Å². The number of halogens is 3. The van der Waals surface area contributed by atoms with Crippen molar-refractivity contribution in [1.29, 1.82) is 0 Å². The van der Waals surface area contributed by atoms with Crippen molar-refractivity contribution in [3.8, 4) is 5.75 Å². The summed E-state index contributed by atoms with van der Waals surface area (Å²) in [4.78, 5) is 2.48. The minimum Gasteiger partial charge on any atom is -0.406 e. The van der Waals surface area contributed by atoms with Gasteiger partial charge < -0.3 is 15.4 Å². The Kier molecular flexibility index (Phi) is 4.96. The Balaban J connectivity index is 1.64. The molecule has 3 rings (SSSR count). The van der Waals surface area contributed by atoms with E-state index in [2.05, 4.69) is 20.3 Å². The highest BCUT2D eigenvalue weighted by molar-refractivity contribution is 5.49. The molecule has 0 bridgehead atoms. The number of anilines is 1. The second-order valence-electron chi connectivity index (χ2n) is 6.15. The van der Waals surface area contributed by atoms with Crippen LogP contribution in [0.3, 0.4) is 0 Å². The molecule has 2 aliphatic rings. The van der Waals surface area contributed by atoms with E-state index in [1.807, 2.05) is 0 Å². The SMILES string of the molecule is FC(F)(F)Oc1cccc(N[C@H]2CNC[C@@H]2N2CCCCC2)c1. The molecule has 2 N–H and O–H groups in total. The quantitative estimate of drug-likeness (QED) is 0.891. The molecule has 4 nitrogen and oxygen atoms in total. The summed E-state index contributed by atoms with van der Waals surface area (Å²) in [6.07, 6.45) is -0.939. The second-order valence-corrected chi connectivity index (χ2v) is 6.15. The summed E-state index contributed by atoms with van der Waals surface area (Å²) in [7, 11) is 0. The number of rotatable bonds is 4. The third-order valence-corrected chi connectivity index (χ3v) is 4.46. The Hall–Kier alpha value is -1.47. The molecule has 2 saturated heterocycles. The van der Waals surface area contributed by atoms with Crippen LogP contribution in [0.15, 0.2) is 24.3 Å². The van der Waals surface area contributed by atoms with Crippen molar-refractivity contribution in [3.05, 3.63) is 24.3 Å². The highest BCUT2D eigenvalue weighted by atomic mass is 19.4. The van der Waals surface area contributed by atoms with E-state index in [0.717, 1.165) is 26.2 Å². The molecule has 2 atom stereocenters. The Labute approximate surface area is 134 Å². The molecule has 0 aliphatic carbocycles. The van der Waals surface area contributed by atoms with Gasteiger partial charge in [-0.05, 0) is 38.1 Å². The largest absolute Gasteiger partial charge is 0.573 e. The van der Waals surface area contributed by atoms with E-state index < -0.39 is 6.36 Å². The molecule has 7 heteroatoms. The van der Waals surface area contributed by atoms with E-state index in [0.29, 0.717) is 11.7 Å². The highest BCUT2D eigenvalue weighted by Crippen LogP contribution is 2.26. The Bertz CT molecular complexity index is 518. The molecule has 2 heterocycles. The topological polar surface area (TPSA) is 36.5 Å². The summed E-state index contributed by atoms with van der Waals surface area (Å²) < 4.78 is 41.0. The fraction of sp³-hybridized carbons (Fsp3) is 0.625. The summed E-state index contributed by atoms with van der Waals surface area (Å²) in [6.45, 7) is 3.92. The molecule has 128 valence electrons. The minimum atomic E-state index is -4.66. The smallest absolute Gasteiger partial charge is 0.406 e. The number of hydrogen-bond acceptors (Lipinski definition) is 4. The molecule has 0 radical (unpaired) electrons. The third-order valence-electron chi connectivity index (χ3n) is 4.46. The molecule has 0 unspecified atom stereocenters. The van der Waals surface area contributed by atoms with Gasteiger partial charge in [0, 0.05) is 30.9 Å². The van der Waals surface area contributed by atoms with Gasteiger partial charge in [-0.2, -0.15) is 0 Å². The van der Waals surface area contributed by atoms with Gasteiger partial charge in [0.1, 0.15) is 5.75 Å². The molecule has 0 saturated carbocycles. The van der Waals surface area contributed by atoms with Gasteiger partial charge in [-0.25, -0.2) is 0 Å². The van der Waals surface area contributed by atoms with Crippen LogP contribution in [0.2, 0.25) is 0 Å².